The lowest BCUT2D eigenvalue weighted by atomic mass is 10.1. The van der Waals surface area contributed by atoms with Crippen LogP contribution in [0.3, 0.4) is 0 Å². The van der Waals surface area contributed by atoms with E-state index in [9.17, 15) is 19.1 Å². The van der Waals surface area contributed by atoms with Crippen LogP contribution in [0.5, 0.6) is 11.5 Å². The smallest absolute Gasteiger partial charge is 0.265 e. The van der Waals surface area contributed by atoms with Crippen molar-refractivity contribution in [1.82, 2.24) is 5.43 Å². The number of carbonyl (C=O) groups is 2. The molecule has 0 atom stereocenters. The lowest BCUT2D eigenvalue weighted by Gasteiger charge is -2.28. The minimum atomic E-state index is -0.526. The molecule has 1 aliphatic rings. The van der Waals surface area contributed by atoms with Crippen molar-refractivity contribution in [3.63, 3.8) is 0 Å². The minimum Gasteiger partial charge on any atom is -0.507 e. The molecule has 0 aliphatic carbocycles. The number of anilines is 1. The molecule has 27 heavy (non-hydrogen) atoms. The van der Waals surface area contributed by atoms with Gasteiger partial charge < -0.3 is 9.84 Å². The number of nitrogens with one attached hydrogen (secondary N) is 1. The Morgan fingerprint density at radius 2 is 2.11 bits per heavy atom. The first-order chi connectivity index (χ1) is 13.0. The van der Waals surface area contributed by atoms with Crippen LogP contribution in [0.25, 0.3) is 0 Å². The Bertz CT molecular complexity index is 914. The van der Waals surface area contributed by atoms with Gasteiger partial charge in [-0.05, 0) is 36.8 Å². The van der Waals surface area contributed by atoms with Crippen LogP contribution in [0.1, 0.15) is 18.9 Å². The van der Waals surface area contributed by atoms with Crippen molar-refractivity contribution in [3.05, 3.63) is 53.8 Å². The number of fused-ring (bicyclic) bond motifs is 1. The molecule has 1 aliphatic heterocycles. The molecule has 8 heteroatoms. The van der Waals surface area contributed by atoms with Gasteiger partial charge in [-0.1, -0.05) is 19.1 Å². The van der Waals surface area contributed by atoms with Crippen LogP contribution in [0.15, 0.2) is 47.6 Å². The van der Waals surface area contributed by atoms with E-state index < -0.39 is 11.7 Å². The Hall–Kier alpha value is -3.42. The molecule has 2 aromatic carbocycles. The van der Waals surface area contributed by atoms with E-state index in [0.29, 0.717) is 23.6 Å². The second-order valence-corrected chi connectivity index (χ2v) is 5.84. The first kappa shape index (κ1) is 18.4. The highest BCUT2D eigenvalue weighted by atomic mass is 19.1. The number of hydrazone groups is 1. The summed E-state index contributed by atoms with van der Waals surface area (Å²) in [5.74, 6) is -1.00. The number of phenols is 1. The predicted molar refractivity (Wildman–Crippen MR) is 97.3 cm³/mol. The number of aromatic hydroxyl groups is 1. The monoisotopic (exact) mass is 371 g/mol. The molecule has 7 nitrogen and oxygen atoms in total. The number of ether oxygens (including phenoxy) is 1. The Kier molecular flexibility index (Phi) is 5.35. The number of hydrogen-bond donors (Lipinski definition) is 2. The molecule has 3 rings (SSSR count). The van der Waals surface area contributed by atoms with E-state index in [1.807, 2.05) is 0 Å². The van der Waals surface area contributed by atoms with Gasteiger partial charge in [-0.2, -0.15) is 5.10 Å². The molecular formula is C19H18FN3O4. The number of nitrogens with zero attached hydrogens (tertiary/aromatic N) is 2. The number of benzene rings is 2. The predicted octanol–water partition coefficient (Wildman–Crippen LogP) is 2.19. The molecule has 2 N–H and O–H groups in total. The number of halogens is 1. The molecule has 140 valence electrons. The van der Waals surface area contributed by atoms with Gasteiger partial charge in [0.15, 0.2) is 6.61 Å². The standard InChI is InChI=1S/C19H18FN3O4/c1-2-14(13-9-12(20)7-8-16(13)24)21-22-18(25)10-23-15-5-3-4-6-17(15)27-11-19(23)26/h3-9,24H,2,10-11H2,1H3,(H,22,25)/b21-14+. The van der Waals surface area contributed by atoms with Crippen molar-refractivity contribution in [3.8, 4) is 11.5 Å². The third-order valence-electron chi connectivity index (χ3n) is 4.03. The molecule has 1 heterocycles. The molecule has 2 aromatic rings. The van der Waals surface area contributed by atoms with Gasteiger partial charge in [-0.25, -0.2) is 9.82 Å². The number of carbonyl (C=O) groups excluding carboxylic acids is 2. The van der Waals surface area contributed by atoms with Crippen molar-refractivity contribution >= 4 is 23.2 Å². The fraction of sp³-hybridized carbons (Fsp3) is 0.211. The maximum absolute atomic E-state index is 13.4. The molecule has 0 saturated heterocycles. The summed E-state index contributed by atoms with van der Waals surface area (Å²) in [4.78, 5) is 25.7. The second-order valence-electron chi connectivity index (χ2n) is 5.84. The van der Waals surface area contributed by atoms with Crippen LogP contribution < -0.4 is 15.1 Å². The third-order valence-corrected chi connectivity index (χ3v) is 4.03. The first-order valence-electron chi connectivity index (χ1n) is 8.36. The maximum Gasteiger partial charge on any atom is 0.265 e. The summed E-state index contributed by atoms with van der Waals surface area (Å²) in [6, 6.07) is 10.4. The SMILES string of the molecule is CC/C(=N\NC(=O)CN1C(=O)COc2ccccc21)c1cc(F)ccc1O. The summed E-state index contributed by atoms with van der Waals surface area (Å²) < 4.78 is 18.8. The van der Waals surface area contributed by atoms with Crippen molar-refractivity contribution in [2.24, 2.45) is 5.10 Å². The van der Waals surface area contributed by atoms with Crippen molar-refractivity contribution in [2.75, 3.05) is 18.1 Å². The van der Waals surface area contributed by atoms with Crippen LogP contribution >= 0.6 is 0 Å². The van der Waals surface area contributed by atoms with Crippen LogP contribution in [0.2, 0.25) is 0 Å². The summed E-state index contributed by atoms with van der Waals surface area (Å²) in [7, 11) is 0. The van der Waals surface area contributed by atoms with E-state index in [1.54, 1.807) is 31.2 Å². The zero-order chi connectivity index (χ0) is 19.4. The van der Waals surface area contributed by atoms with Crippen LogP contribution in [0.4, 0.5) is 10.1 Å². The molecule has 0 radical (unpaired) electrons. The fourth-order valence-corrected chi connectivity index (χ4v) is 2.71. The first-order valence-corrected chi connectivity index (χ1v) is 8.36. The molecule has 0 aromatic heterocycles. The Balaban J connectivity index is 1.74. The summed E-state index contributed by atoms with van der Waals surface area (Å²) in [5.41, 5.74) is 3.38. The summed E-state index contributed by atoms with van der Waals surface area (Å²) in [5, 5.41) is 13.9. The van der Waals surface area contributed by atoms with Gasteiger partial charge in [0, 0.05) is 5.56 Å². The van der Waals surface area contributed by atoms with Crippen LogP contribution in [-0.4, -0.2) is 35.8 Å². The van der Waals surface area contributed by atoms with E-state index in [4.69, 9.17) is 4.74 Å². The Morgan fingerprint density at radius 3 is 2.89 bits per heavy atom. The zero-order valence-electron chi connectivity index (χ0n) is 14.6. The highest BCUT2D eigenvalue weighted by Crippen LogP contribution is 2.31. The number of amides is 2. The van der Waals surface area contributed by atoms with E-state index in [0.717, 1.165) is 12.1 Å². The quantitative estimate of drug-likeness (QED) is 0.623. The van der Waals surface area contributed by atoms with E-state index in [-0.39, 0.29) is 30.4 Å². The van der Waals surface area contributed by atoms with Crippen molar-refractivity contribution in [1.29, 1.82) is 0 Å². The van der Waals surface area contributed by atoms with E-state index >= 15 is 0 Å². The highest BCUT2D eigenvalue weighted by Gasteiger charge is 2.26. The van der Waals surface area contributed by atoms with Crippen LogP contribution in [-0.2, 0) is 9.59 Å². The average Bonchev–Trinajstić information content (AvgIpc) is 2.67. The number of phenolic OH excluding ortho intramolecular Hbond substituents is 1. The number of hydrogen-bond acceptors (Lipinski definition) is 5. The lowest BCUT2D eigenvalue weighted by Crippen LogP contribution is -2.44. The van der Waals surface area contributed by atoms with Gasteiger partial charge in [-0.15, -0.1) is 0 Å². The minimum absolute atomic E-state index is 0.136. The van der Waals surface area contributed by atoms with Crippen molar-refractivity contribution in [2.45, 2.75) is 13.3 Å². The largest absolute Gasteiger partial charge is 0.507 e. The van der Waals surface area contributed by atoms with Gasteiger partial charge in [0.05, 0.1) is 11.4 Å². The molecule has 0 saturated carbocycles. The maximum atomic E-state index is 13.4. The third kappa shape index (κ3) is 4.05. The molecule has 0 bridgehead atoms. The van der Waals surface area contributed by atoms with Gasteiger partial charge >= 0.3 is 0 Å². The van der Waals surface area contributed by atoms with Gasteiger partial charge in [0.1, 0.15) is 23.9 Å². The second kappa shape index (κ2) is 7.86. The van der Waals surface area contributed by atoms with E-state index in [2.05, 4.69) is 10.5 Å². The normalized spacial score (nSPS) is 13.8. The number of para-hydroxylation sites is 2. The van der Waals surface area contributed by atoms with Gasteiger partial charge in [-0.3, -0.25) is 14.5 Å². The summed E-state index contributed by atoms with van der Waals surface area (Å²) >= 11 is 0. The Morgan fingerprint density at radius 1 is 1.33 bits per heavy atom. The summed E-state index contributed by atoms with van der Waals surface area (Å²) in [6.07, 6.45) is 0.358. The van der Waals surface area contributed by atoms with Crippen LogP contribution in [0, 0.1) is 5.82 Å². The fourth-order valence-electron chi connectivity index (χ4n) is 2.71. The average molecular weight is 371 g/mol. The Labute approximate surface area is 155 Å². The molecule has 2 amide bonds. The van der Waals surface area contributed by atoms with Gasteiger partial charge in [0.25, 0.3) is 11.8 Å². The van der Waals surface area contributed by atoms with E-state index in [1.165, 1.54) is 11.0 Å². The summed E-state index contributed by atoms with van der Waals surface area (Å²) in [6.45, 7) is 1.37. The topological polar surface area (TPSA) is 91.2 Å². The zero-order valence-corrected chi connectivity index (χ0v) is 14.6. The molecular weight excluding hydrogens is 353 g/mol. The molecule has 0 fully saturated rings. The molecule has 0 unspecified atom stereocenters. The van der Waals surface area contributed by atoms with Gasteiger partial charge in [0.2, 0.25) is 0 Å². The lowest BCUT2D eigenvalue weighted by molar-refractivity contribution is -0.125. The number of rotatable bonds is 5. The van der Waals surface area contributed by atoms with Crippen molar-refractivity contribution < 1.29 is 23.8 Å². The molecule has 0 spiro atoms. The highest BCUT2D eigenvalue weighted by molar-refractivity contribution is 6.04.